The number of nitrogens with zero attached hydrogens (tertiary/aromatic N) is 3. The third-order valence-electron chi connectivity index (χ3n) is 5.42. The number of pyridine rings is 1. The Bertz CT molecular complexity index is 1420. The average molecular weight is 514 g/mol. The topological polar surface area (TPSA) is 80.2 Å². The summed E-state index contributed by atoms with van der Waals surface area (Å²) in [6.07, 6.45) is 3.66. The van der Waals surface area contributed by atoms with Crippen LogP contribution < -0.4 is 4.90 Å². The van der Waals surface area contributed by atoms with Gasteiger partial charge in [0.25, 0.3) is 0 Å². The highest BCUT2D eigenvalue weighted by molar-refractivity contribution is 7.91. The fourth-order valence-electron chi connectivity index (χ4n) is 3.72. The van der Waals surface area contributed by atoms with E-state index in [1.807, 2.05) is 26.0 Å². The van der Waals surface area contributed by atoms with Gasteiger partial charge in [0.15, 0.2) is 15.0 Å². The van der Waals surface area contributed by atoms with Gasteiger partial charge in [0.2, 0.25) is 5.91 Å². The van der Waals surface area contributed by atoms with Gasteiger partial charge in [-0.25, -0.2) is 13.4 Å². The molecule has 34 heavy (non-hydrogen) atoms. The summed E-state index contributed by atoms with van der Waals surface area (Å²) in [6, 6.07) is 13.9. The van der Waals surface area contributed by atoms with E-state index in [9.17, 15) is 13.2 Å². The van der Waals surface area contributed by atoms with Gasteiger partial charge in [0.05, 0.1) is 27.4 Å². The Balaban J connectivity index is 1.55. The van der Waals surface area contributed by atoms with Gasteiger partial charge in [0.1, 0.15) is 0 Å². The Morgan fingerprint density at radius 3 is 2.47 bits per heavy atom. The zero-order valence-corrected chi connectivity index (χ0v) is 21.3. The molecule has 2 heterocycles. The fraction of sp³-hybridized carbons (Fsp3) is 0.240. The van der Waals surface area contributed by atoms with E-state index < -0.39 is 9.84 Å². The second-order valence-electron chi connectivity index (χ2n) is 8.14. The number of hydrogen-bond acceptors (Lipinski definition) is 6. The van der Waals surface area contributed by atoms with Crippen molar-refractivity contribution in [3.63, 3.8) is 0 Å². The maximum Gasteiger partial charge on any atom is 0.229 e. The van der Waals surface area contributed by atoms with E-state index in [1.54, 1.807) is 29.4 Å². The first kappa shape index (κ1) is 24.3. The van der Waals surface area contributed by atoms with Crippen molar-refractivity contribution in [3.05, 3.63) is 82.6 Å². The van der Waals surface area contributed by atoms with Crippen molar-refractivity contribution in [3.8, 4) is 0 Å². The van der Waals surface area contributed by atoms with Crippen molar-refractivity contribution in [1.82, 2.24) is 9.97 Å². The van der Waals surface area contributed by atoms with Crippen molar-refractivity contribution in [2.75, 3.05) is 10.7 Å². The Kier molecular flexibility index (Phi) is 7.30. The monoisotopic (exact) mass is 513 g/mol. The number of fused-ring (bicyclic) bond motifs is 1. The van der Waals surface area contributed by atoms with Crippen molar-refractivity contribution in [2.24, 2.45) is 0 Å². The van der Waals surface area contributed by atoms with Crippen LogP contribution in [0.3, 0.4) is 0 Å². The molecule has 2 aromatic carbocycles. The molecule has 176 valence electrons. The minimum atomic E-state index is -3.50. The number of benzene rings is 2. The number of aryl methyl sites for hydroxylation is 2. The van der Waals surface area contributed by atoms with Gasteiger partial charge in [-0.15, -0.1) is 0 Å². The number of sulfone groups is 1. The summed E-state index contributed by atoms with van der Waals surface area (Å²) in [4.78, 5) is 24.0. The molecule has 0 radical (unpaired) electrons. The zero-order valence-electron chi connectivity index (χ0n) is 18.9. The molecule has 0 atom stereocenters. The molecule has 6 nitrogen and oxygen atoms in total. The minimum absolute atomic E-state index is 0.0891. The van der Waals surface area contributed by atoms with Gasteiger partial charge in [-0.3, -0.25) is 14.7 Å². The summed E-state index contributed by atoms with van der Waals surface area (Å²) in [5.74, 6) is -0.293. The fourth-order valence-corrected chi connectivity index (χ4v) is 6.31. The Morgan fingerprint density at radius 1 is 1.06 bits per heavy atom. The van der Waals surface area contributed by atoms with Crippen LogP contribution in [0, 0.1) is 13.8 Å². The second-order valence-corrected chi connectivity index (χ2v) is 11.7. The molecule has 4 aromatic rings. The van der Waals surface area contributed by atoms with Gasteiger partial charge >= 0.3 is 0 Å². The van der Waals surface area contributed by atoms with Crippen LogP contribution in [0.1, 0.15) is 29.5 Å². The molecule has 0 bridgehead atoms. The highest BCUT2D eigenvalue weighted by Gasteiger charge is 2.22. The predicted octanol–water partition coefficient (Wildman–Crippen LogP) is 5.75. The lowest BCUT2D eigenvalue weighted by atomic mass is 10.1. The van der Waals surface area contributed by atoms with E-state index in [-0.39, 0.29) is 29.4 Å². The highest BCUT2D eigenvalue weighted by Crippen LogP contribution is 2.33. The van der Waals surface area contributed by atoms with Gasteiger partial charge in [-0.1, -0.05) is 29.0 Å². The highest BCUT2D eigenvalue weighted by atomic mass is 35.5. The molecule has 1 amide bonds. The van der Waals surface area contributed by atoms with Crippen molar-refractivity contribution in [2.45, 2.75) is 38.1 Å². The molecule has 0 N–H and O–H groups in total. The molecule has 0 saturated carbocycles. The van der Waals surface area contributed by atoms with Gasteiger partial charge in [-0.2, -0.15) is 0 Å². The van der Waals surface area contributed by atoms with Crippen molar-refractivity contribution < 1.29 is 13.2 Å². The Morgan fingerprint density at radius 2 is 1.76 bits per heavy atom. The van der Waals surface area contributed by atoms with Crippen LogP contribution in [0.25, 0.3) is 10.2 Å². The molecule has 4 rings (SSSR count). The number of aromatic nitrogens is 2. The number of anilines is 1. The number of carbonyl (C=O) groups is 1. The molecule has 0 saturated heterocycles. The normalized spacial score (nSPS) is 11.6. The van der Waals surface area contributed by atoms with Crippen molar-refractivity contribution in [1.29, 1.82) is 0 Å². The molecule has 0 unspecified atom stereocenters. The minimum Gasteiger partial charge on any atom is -0.284 e. The SMILES string of the molecule is Cc1cc(C)c2nc(N(Cc3ccncc3)C(=O)CCCS(=O)(=O)c3ccc(Cl)cc3)sc2c1. The number of carbonyl (C=O) groups excluding carboxylic acids is 1. The van der Waals surface area contributed by atoms with Gasteiger partial charge in [0, 0.05) is 23.8 Å². The number of amides is 1. The van der Waals surface area contributed by atoms with E-state index >= 15 is 0 Å². The lowest BCUT2D eigenvalue weighted by molar-refractivity contribution is -0.118. The van der Waals surface area contributed by atoms with Crippen LogP contribution in [0.5, 0.6) is 0 Å². The first-order valence-corrected chi connectivity index (χ1v) is 13.6. The number of halogens is 1. The van der Waals surface area contributed by atoms with Crippen LogP contribution in [-0.2, 0) is 21.2 Å². The summed E-state index contributed by atoms with van der Waals surface area (Å²) in [6.45, 7) is 4.38. The van der Waals surface area contributed by atoms with Crippen LogP contribution in [0.2, 0.25) is 5.02 Å². The summed E-state index contributed by atoms with van der Waals surface area (Å²) in [5.41, 5.74) is 4.00. The molecular weight excluding hydrogens is 490 g/mol. The van der Waals surface area contributed by atoms with Gasteiger partial charge in [-0.05, 0) is 79.4 Å². The summed E-state index contributed by atoms with van der Waals surface area (Å²) in [7, 11) is -3.50. The van der Waals surface area contributed by atoms with Crippen molar-refractivity contribution >= 4 is 54.0 Å². The molecule has 0 fully saturated rings. The number of rotatable bonds is 8. The van der Waals surface area contributed by atoms with E-state index in [2.05, 4.69) is 17.1 Å². The lowest BCUT2D eigenvalue weighted by Gasteiger charge is -2.20. The maximum atomic E-state index is 13.3. The lowest BCUT2D eigenvalue weighted by Crippen LogP contribution is -2.30. The standard InChI is InChI=1S/C25H24ClN3O3S2/c1-17-14-18(2)24-22(15-17)33-25(28-24)29(16-19-9-11-27-12-10-19)23(30)4-3-13-34(31,32)21-7-5-20(26)6-8-21/h5-12,14-15H,3-4,13,16H2,1-2H3. The molecular formula is C25H24ClN3O3S2. The Hall–Kier alpha value is -2.81. The number of thiazole rings is 1. The summed E-state index contributed by atoms with van der Waals surface area (Å²) < 4.78 is 26.3. The molecule has 9 heteroatoms. The van der Waals surface area contributed by atoms with Crippen LogP contribution >= 0.6 is 22.9 Å². The quantitative estimate of drug-likeness (QED) is 0.300. The zero-order chi connectivity index (χ0) is 24.3. The first-order chi connectivity index (χ1) is 16.2. The summed E-state index contributed by atoms with van der Waals surface area (Å²) in [5, 5.41) is 1.08. The van der Waals surface area contributed by atoms with E-state index in [0.29, 0.717) is 16.7 Å². The first-order valence-electron chi connectivity index (χ1n) is 10.8. The largest absolute Gasteiger partial charge is 0.284 e. The second kappa shape index (κ2) is 10.2. The molecule has 2 aromatic heterocycles. The Labute approximate surface area is 208 Å². The van der Waals surface area contributed by atoms with Gasteiger partial charge < -0.3 is 0 Å². The average Bonchev–Trinajstić information content (AvgIpc) is 3.22. The smallest absolute Gasteiger partial charge is 0.229 e. The van der Waals surface area contributed by atoms with Crippen LogP contribution in [-0.4, -0.2) is 30.0 Å². The summed E-state index contributed by atoms with van der Waals surface area (Å²) >= 11 is 7.33. The number of hydrogen-bond donors (Lipinski definition) is 0. The predicted molar refractivity (Wildman–Crippen MR) is 137 cm³/mol. The third-order valence-corrected chi connectivity index (χ3v) is 8.51. The molecule has 0 aliphatic rings. The van der Waals surface area contributed by atoms with E-state index in [4.69, 9.17) is 16.6 Å². The molecule has 0 spiro atoms. The maximum absolute atomic E-state index is 13.3. The van der Waals surface area contributed by atoms with Crippen LogP contribution in [0.4, 0.5) is 5.13 Å². The molecule has 0 aliphatic heterocycles. The third kappa shape index (κ3) is 5.63. The van der Waals surface area contributed by atoms with E-state index in [0.717, 1.165) is 26.9 Å². The van der Waals surface area contributed by atoms with Crippen LogP contribution in [0.15, 0.2) is 65.8 Å². The molecule has 0 aliphatic carbocycles. The van der Waals surface area contributed by atoms with E-state index in [1.165, 1.54) is 23.5 Å².